The highest BCUT2D eigenvalue weighted by molar-refractivity contribution is 5.34. The van der Waals surface area contributed by atoms with Crippen LogP contribution in [0.5, 0.6) is 0 Å². The Labute approximate surface area is 106 Å². The molecule has 2 rings (SSSR count). The Balaban J connectivity index is 2.38. The lowest BCUT2D eigenvalue weighted by molar-refractivity contribution is 0.557. The largest absolute Gasteiger partial charge is 0.319 e. The van der Waals surface area contributed by atoms with Crippen LogP contribution in [-0.4, -0.2) is 9.78 Å². The highest BCUT2D eigenvalue weighted by atomic mass is 19.1. The van der Waals surface area contributed by atoms with Gasteiger partial charge in [-0.25, -0.2) is 4.39 Å². The summed E-state index contributed by atoms with van der Waals surface area (Å²) in [6, 6.07) is 6.27. The molecule has 0 aliphatic carbocycles. The molecule has 2 N–H and O–H groups in total. The maximum absolute atomic E-state index is 13.3. The zero-order valence-corrected chi connectivity index (χ0v) is 10.7. The average molecular weight is 247 g/mol. The first kappa shape index (κ1) is 12.8. The number of halogens is 1. The molecule has 3 nitrogen and oxygen atoms in total. The molecule has 0 aliphatic heterocycles. The molecule has 1 unspecified atom stereocenters. The van der Waals surface area contributed by atoms with Crippen LogP contribution in [0.1, 0.15) is 36.2 Å². The van der Waals surface area contributed by atoms with Crippen LogP contribution in [0.25, 0.3) is 0 Å². The van der Waals surface area contributed by atoms with E-state index in [1.165, 1.54) is 12.1 Å². The van der Waals surface area contributed by atoms with Gasteiger partial charge in [-0.3, -0.25) is 4.68 Å². The molecule has 1 atom stereocenters. The number of aromatic nitrogens is 2. The van der Waals surface area contributed by atoms with Crippen LogP contribution in [0.2, 0.25) is 0 Å². The first-order valence-corrected chi connectivity index (χ1v) is 6.16. The van der Waals surface area contributed by atoms with Gasteiger partial charge in [-0.15, -0.1) is 0 Å². The number of benzene rings is 1. The van der Waals surface area contributed by atoms with Crippen LogP contribution in [-0.2, 0) is 6.54 Å². The predicted molar refractivity (Wildman–Crippen MR) is 69.7 cm³/mol. The highest BCUT2D eigenvalue weighted by Gasteiger charge is 2.16. The Kier molecular flexibility index (Phi) is 3.77. The number of nitrogens with zero attached hydrogens (tertiary/aromatic N) is 2. The van der Waals surface area contributed by atoms with Gasteiger partial charge < -0.3 is 5.73 Å². The van der Waals surface area contributed by atoms with Gasteiger partial charge in [0.15, 0.2) is 0 Å². The van der Waals surface area contributed by atoms with Crippen LogP contribution < -0.4 is 5.73 Å². The van der Waals surface area contributed by atoms with Crippen molar-refractivity contribution in [2.24, 2.45) is 5.73 Å². The van der Waals surface area contributed by atoms with Crippen molar-refractivity contribution in [3.05, 3.63) is 53.1 Å². The molecule has 0 fully saturated rings. The maximum atomic E-state index is 13.3. The predicted octanol–water partition coefficient (Wildman–Crippen LogP) is 2.79. The zero-order valence-electron chi connectivity index (χ0n) is 10.7. The molecule has 4 heteroatoms. The maximum Gasteiger partial charge on any atom is 0.123 e. The first-order valence-electron chi connectivity index (χ1n) is 6.16. The van der Waals surface area contributed by atoms with Gasteiger partial charge in [-0.1, -0.05) is 13.0 Å². The Bertz CT molecular complexity index is 534. The fourth-order valence-corrected chi connectivity index (χ4v) is 2.11. The van der Waals surface area contributed by atoms with Gasteiger partial charge in [0.1, 0.15) is 5.82 Å². The smallest absolute Gasteiger partial charge is 0.123 e. The van der Waals surface area contributed by atoms with Crippen molar-refractivity contribution in [3.8, 4) is 0 Å². The van der Waals surface area contributed by atoms with Gasteiger partial charge in [-0.05, 0) is 42.7 Å². The Morgan fingerprint density at radius 3 is 2.89 bits per heavy atom. The van der Waals surface area contributed by atoms with Gasteiger partial charge in [0.05, 0.1) is 11.7 Å². The van der Waals surface area contributed by atoms with E-state index in [-0.39, 0.29) is 11.9 Å². The van der Waals surface area contributed by atoms with Gasteiger partial charge in [0.25, 0.3) is 0 Å². The summed E-state index contributed by atoms with van der Waals surface area (Å²) in [5, 5.41) is 4.25. The van der Waals surface area contributed by atoms with Gasteiger partial charge in [0, 0.05) is 12.7 Å². The topological polar surface area (TPSA) is 43.8 Å². The molecule has 1 heterocycles. The van der Waals surface area contributed by atoms with Crippen molar-refractivity contribution in [1.82, 2.24) is 9.78 Å². The summed E-state index contributed by atoms with van der Waals surface area (Å²) in [7, 11) is 0. The van der Waals surface area contributed by atoms with Crippen molar-refractivity contribution >= 4 is 0 Å². The van der Waals surface area contributed by atoms with E-state index in [2.05, 4.69) is 12.0 Å². The van der Waals surface area contributed by atoms with Crippen LogP contribution in [0.4, 0.5) is 4.39 Å². The van der Waals surface area contributed by atoms with E-state index in [1.54, 1.807) is 12.3 Å². The molecular formula is C14H18FN3. The Morgan fingerprint density at radius 2 is 2.17 bits per heavy atom. The second-order valence-corrected chi connectivity index (χ2v) is 4.46. The van der Waals surface area contributed by atoms with Crippen LogP contribution in [0.3, 0.4) is 0 Å². The zero-order chi connectivity index (χ0) is 13.1. The third-order valence-corrected chi connectivity index (χ3v) is 3.08. The molecule has 0 bridgehead atoms. The first-order chi connectivity index (χ1) is 8.63. The van der Waals surface area contributed by atoms with Gasteiger partial charge >= 0.3 is 0 Å². The summed E-state index contributed by atoms with van der Waals surface area (Å²) < 4.78 is 15.2. The Morgan fingerprint density at radius 1 is 1.39 bits per heavy atom. The molecule has 2 aromatic rings. The molecule has 0 radical (unpaired) electrons. The van der Waals surface area contributed by atoms with Crippen molar-refractivity contribution in [2.45, 2.75) is 32.9 Å². The van der Waals surface area contributed by atoms with E-state index in [0.717, 1.165) is 29.8 Å². The van der Waals surface area contributed by atoms with E-state index in [0.29, 0.717) is 0 Å². The van der Waals surface area contributed by atoms with Crippen molar-refractivity contribution < 1.29 is 4.39 Å². The minimum Gasteiger partial charge on any atom is -0.319 e. The van der Waals surface area contributed by atoms with E-state index < -0.39 is 0 Å². The minimum absolute atomic E-state index is 0.257. The number of rotatable bonds is 4. The quantitative estimate of drug-likeness (QED) is 0.902. The summed E-state index contributed by atoms with van der Waals surface area (Å²) in [5.41, 5.74) is 8.96. The van der Waals surface area contributed by atoms with Crippen LogP contribution in [0.15, 0.2) is 30.5 Å². The van der Waals surface area contributed by atoms with Gasteiger partial charge in [-0.2, -0.15) is 5.10 Å². The molecule has 18 heavy (non-hydrogen) atoms. The number of nitrogens with two attached hydrogens (primary N) is 1. The number of hydrogen-bond acceptors (Lipinski definition) is 2. The van der Waals surface area contributed by atoms with Crippen molar-refractivity contribution in [1.29, 1.82) is 0 Å². The van der Waals surface area contributed by atoms with E-state index in [4.69, 9.17) is 5.73 Å². The lowest BCUT2D eigenvalue weighted by Gasteiger charge is -2.16. The average Bonchev–Trinajstić information content (AvgIpc) is 2.80. The SMILES string of the molecule is CCCn1nccc1C(N)c1cc(F)ccc1C. The summed E-state index contributed by atoms with van der Waals surface area (Å²) in [6.45, 7) is 4.85. The summed E-state index contributed by atoms with van der Waals surface area (Å²) >= 11 is 0. The molecule has 96 valence electrons. The molecule has 1 aromatic heterocycles. The van der Waals surface area contributed by atoms with Crippen LogP contribution in [0, 0.1) is 12.7 Å². The Hall–Kier alpha value is -1.68. The molecule has 1 aromatic carbocycles. The minimum atomic E-state index is -0.338. The monoisotopic (exact) mass is 247 g/mol. The summed E-state index contributed by atoms with van der Waals surface area (Å²) in [5.74, 6) is -0.257. The third kappa shape index (κ3) is 2.43. The number of hydrogen-bond donors (Lipinski definition) is 1. The molecule has 0 saturated heterocycles. The molecular weight excluding hydrogens is 229 g/mol. The number of aryl methyl sites for hydroxylation is 2. The second-order valence-electron chi connectivity index (χ2n) is 4.46. The fraction of sp³-hybridized carbons (Fsp3) is 0.357. The standard InChI is InChI=1S/C14H18FN3/c1-3-8-18-13(6-7-17-18)14(16)12-9-11(15)5-4-10(12)2/h4-7,9,14H,3,8,16H2,1-2H3. The molecule has 0 spiro atoms. The van der Waals surface area contributed by atoms with Gasteiger partial charge in [0.2, 0.25) is 0 Å². The summed E-state index contributed by atoms with van der Waals surface area (Å²) in [6.07, 6.45) is 2.73. The third-order valence-electron chi connectivity index (χ3n) is 3.08. The molecule has 0 amide bonds. The van der Waals surface area contributed by atoms with Crippen LogP contribution >= 0.6 is 0 Å². The lowest BCUT2D eigenvalue weighted by atomic mass is 9.99. The molecule has 0 aliphatic rings. The van der Waals surface area contributed by atoms with E-state index in [1.807, 2.05) is 17.7 Å². The lowest BCUT2D eigenvalue weighted by Crippen LogP contribution is -2.18. The van der Waals surface area contributed by atoms with E-state index in [9.17, 15) is 4.39 Å². The molecule has 0 saturated carbocycles. The normalized spacial score (nSPS) is 12.7. The second kappa shape index (κ2) is 5.31. The van der Waals surface area contributed by atoms with Crippen molar-refractivity contribution in [2.75, 3.05) is 0 Å². The van der Waals surface area contributed by atoms with Crippen molar-refractivity contribution in [3.63, 3.8) is 0 Å². The van der Waals surface area contributed by atoms with E-state index >= 15 is 0 Å². The fourth-order valence-electron chi connectivity index (χ4n) is 2.11. The summed E-state index contributed by atoms with van der Waals surface area (Å²) in [4.78, 5) is 0. The highest BCUT2D eigenvalue weighted by Crippen LogP contribution is 2.23.